The van der Waals surface area contributed by atoms with E-state index in [0.717, 1.165) is 18.4 Å². The first-order valence-electron chi connectivity index (χ1n) is 6.76. The Morgan fingerprint density at radius 3 is 2.62 bits per heavy atom. The molecule has 0 bridgehead atoms. The predicted molar refractivity (Wildman–Crippen MR) is 74.5 cm³/mol. The number of hydrogen-bond acceptors (Lipinski definition) is 2. The lowest BCUT2D eigenvalue weighted by Crippen LogP contribution is -2.07. The van der Waals surface area contributed by atoms with Gasteiger partial charge in [-0.2, -0.15) is 0 Å². The number of H-pyrrole nitrogens is 1. The largest absolute Gasteiger partial charge is 0.270 e. The van der Waals surface area contributed by atoms with E-state index in [0.29, 0.717) is 5.82 Å². The minimum absolute atomic E-state index is 0.253. The molecular formula is C14H14F3N3S. The summed E-state index contributed by atoms with van der Waals surface area (Å²) in [6.07, 6.45) is 0.328. The van der Waals surface area contributed by atoms with Gasteiger partial charge in [-0.05, 0) is 42.8 Å². The van der Waals surface area contributed by atoms with Crippen molar-refractivity contribution in [2.24, 2.45) is 0 Å². The summed E-state index contributed by atoms with van der Waals surface area (Å²) in [4.78, 5) is 3.92. The molecule has 1 N–H and O–H groups in total. The van der Waals surface area contributed by atoms with Crippen LogP contribution < -0.4 is 0 Å². The zero-order valence-corrected chi connectivity index (χ0v) is 11.9. The average molecular weight is 313 g/mol. The lowest BCUT2D eigenvalue weighted by Gasteiger charge is -2.12. The Kier molecular flexibility index (Phi) is 3.84. The second-order valence-corrected chi connectivity index (χ2v) is 5.59. The number of alkyl halides is 2. The molecule has 2 aliphatic rings. The maximum Gasteiger partial charge on any atom is 0.213 e. The van der Waals surface area contributed by atoms with E-state index in [2.05, 4.69) is 10.1 Å². The van der Waals surface area contributed by atoms with Crippen molar-refractivity contribution in [2.75, 3.05) is 0 Å². The average Bonchev–Trinajstić information content (AvgIpc) is 3.03. The lowest BCUT2D eigenvalue weighted by molar-refractivity contribution is 0.328. The van der Waals surface area contributed by atoms with Crippen molar-refractivity contribution in [3.63, 3.8) is 0 Å². The summed E-state index contributed by atoms with van der Waals surface area (Å²) in [6, 6.07) is 5.89. The molecule has 0 saturated heterocycles. The molecule has 21 heavy (non-hydrogen) atoms. The summed E-state index contributed by atoms with van der Waals surface area (Å²) in [7, 11) is 0. The van der Waals surface area contributed by atoms with Crippen molar-refractivity contribution in [2.45, 2.75) is 37.6 Å². The van der Waals surface area contributed by atoms with Crippen molar-refractivity contribution < 1.29 is 13.2 Å². The Morgan fingerprint density at radius 2 is 2.00 bits per heavy atom. The highest BCUT2D eigenvalue weighted by molar-refractivity contribution is 7.71. The van der Waals surface area contributed by atoms with E-state index in [9.17, 15) is 13.2 Å². The molecular weight excluding hydrogens is 299 g/mol. The molecule has 1 aromatic carbocycles. The van der Waals surface area contributed by atoms with Gasteiger partial charge in [0.15, 0.2) is 12.0 Å². The van der Waals surface area contributed by atoms with Crippen molar-refractivity contribution >= 4 is 12.2 Å². The van der Waals surface area contributed by atoms with Crippen LogP contribution in [0.2, 0.25) is 0 Å². The van der Waals surface area contributed by atoms with Gasteiger partial charge in [-0.3, -0.25) is 9.78 Å². The topological polar surface area (TPSA) is 33.6 Å². The molecule has 2 atom stereocenters. The van der Waals surface area contributed by atoms with E-state index >= 15 is 0 Å². The number of nitrogens with zero attached hydrogens (tertiary/aromatic N) is 2. The molecule has 112 valence electrons. The number of aromatic amines is 1. The Bertz CT molecular complexity index is 693. The number of rotatable bonds is 1. The molecule has 1 saturated carbocycles. The quantitative estimate of drug-likeness (QED) is 0.801. The van der Waals surface area contributed by atoms with Crippen LogP contribution in [-0.2, 0) is 0 Å². The summed E-state index contributed by atoms with van der Waals surface area (Å²) in [5, 5.41) is 2.81. The Balaban J connectivity index is 0.000000287. The van der Waals surface area contributed by atoms with Crippen LogP contribution in [0.4, 0.5) is 13.2 Å². The Labute approximate surface area is 124 Å². The number of fused-ring (bicyclic) bond motifs is 1. The van der Waals surface area contributed by atoms with Gasteiger partial charge >= 0.3 is 0 Å². The van der Waals surface area contributed by atoms with Gasteiger partial charge in [0, 0.05) is 6.42 Å². The van der Waals surface area contributed by atoms with Crippen LogP contribution in [0.25, 0.3) is 0 Å². The van der Waals surface area contributed by atoms with E-state index in [1.54, 1.807) is 16.8 Å². The van der Waals surface area contributed by atoms with E-state index in [1.807, 2.05) is 0 Å². The molecule has 4 rings (SSSR count). The van der Waals surface area contributed by atoms with Crippen LogP contribution in [0.15, 0.2) is 24.3 Å². The number of halogens is 3. The fraction of sp³-hybridized carbons (Fsp3) is 0.429. The van der Waals surface area contributed by atoms with Gasteiger partial charge in [-0.15, -0.1) is 0 Å². The zero-order chi connectivity index (χ0) is 15.0. The summed E-state index contributed by atoms with van der Waals surface area (Å²) >= 11 is 4.87. The summed E-state index contributed by atoms with van der Waals surface area (Å²) in [5.74, 6) is -0.0330. The molecule has 1 aliphatic carbocycles. The van der Waals surface area contributed by atoms with Crippen molar-refractivity contribution in [3.8, 4) is 0 Å². The molecule has 1 fully saturated rings. The molecule has 2 aromatic rings. The highest BCUT2D eigenvalue weighted by atomic mass is 32.1. The minimum atomic E-state index is -1.16. The molecule has 0 radical (unpaired) electrons. The van der Waals surface area contributed by atoms with Gasteiger partial charge in [0.25, 0.3) is 0 Å². The molecule has 1 aliphatic heterocycles. The highest BCUT2D eigenvalue weighted by Gasteiger charge is 2.33. The van der Waals surface area contributed by atoms with E-state index in [4.69, 9.17) is 12.2 Å². The SMILES string of the molecule is FC1CC1.Fc1cccc(C2CC(F)c3nc(=S)[nH]n32)c1. The van der Waals surface area contributed by atoms with E-state index in [-0.39, 0.29) is 23.1 Å². The second kappa shape index (κ2) is 5.63. The molecule has 1 aromatic heterocycles. The predicted octanol–water partition coefficient (Wildman–Crippen LogP) is 4.20. The normalized spacial score (nSPS) is 23.4. The maximum absolute atomic E-state index is 13.7. The third-order valence-electron chi connectivity index (χ3n) is 3.44. The molecule has 2 unspecified atom stereocenters. The maximum atomic E-state index is 13.7. The molecule has 7 heteroatoms. The molecule has 3 nitrogen and oxygen atoms in total. The van der Waals surface area contributed by atoms with E-state index in [1.165, 1.54) is 12.1 Å². The van der Waals surface area contributed by atoms with Crippen LogP contribution in [0.1, 0.15) is 42.9 Å². The molecule has 2 heterocycles. The van der Waals surface area contributed by atoms with Gasteiger partial charge in [-0.1, -0.05) is 12.1 Å². The Morgan fingerprint density at radius 1 is 1.29 bits per heavy atom. The first kappa shape index (κ1) is 14.3. The van der Waals surface area contributed by atoms with Crippen LogP contribution in [0.3, 0.4) is 0 Å². The van der Waals surface area contributed by atoms with Gasteiger partial charge in [0.05, 0.1) is 6.04 Å². The van der Waals surface area contributed by atoms with Gasteiger partial charge < -0.3 is 0 Å². The third-order valence-corrected chi connectivity index (χ3v) is 3.62. The lowest BCUT2D eigenvalue weighted by atomic mass is 10.0. The smallest absolute Gasteiger partial charge is 0.213 e. The van der Waals surface area contributed by atoms with Crippen LogP contribution in [-0.4, -0.2) is 20.9 Å². The summed E-state index contributed by atoms with van der Waals surface area (Å²) < 4.78 is 39.8. The molecule has 0 spiro atoms. The standard InChI is InChI=1S/C11H9F2N3S.C3H5F/c12-7-3-1-2-6(4-7)9-5-8(13)10-14-11(17)15-16(9)10;4-3-1-2-3/h1-4,8-9H,5H2,(H,15,17);3H,1-2H2. The number of hydrogen-bond donors (Lipinski definition) is 1. The zero-order valence-electron chi connectivity index (χ0n) is 11.1. The first-order valence-corrected chi connectivity index (χ1v) is 7.17. The van der Waals surface area contributed by atoms with Gasteiger partial charge in [0.2, 0.25) is 4.77 Å². The summed E-state index contributed by atoms with van der Waals surface area (Å²) in [5.41, 5.74) is 0.718. The number of nitrogens with one attached hydrogen (secondary N) is 1. The number of aromatic nitrogens is 3. The molecule has 0 amide bonds. The number of benzene rings is 1. The first-order chi connectivity index (χ1) is 10.0. The Hall–Kier alpha value is -1.63. The van der Waals surface area contributed by atoms with Gasteiger partial charge in [0.1, 0.15) is 12.0 Å². The monoisotopic (exact) mass is 313 g/mol. The van der Waals surface area contributed by atoms with Crippen molar-refractivity contribution in [1.82, 2.24) is 14.8 Å². The van der Waals surface area contributed by atoms with E-state index < -0.39 is 12.3 Å². The second-order valence-electron chi connectivity index (χ2n) is 5.21. The van der Waals surface area contributed by atoms with Gasteiger partial charge in [-0.25, -0.2) is 18.2 Å². The van der Waals surface area contributed by atoms with Crippen LogP contribution >= 0.6 is 12.2 Å². The fourth-order valence-corrected chi connectivity index (χ4v) is 2.46. The van der Waals surface area contributed by atoms with Crippen LogP contribution in [0.5, 0.6) is 0 Å². The van der Waals surface area contributed by atoms with Crippen LogP contribution in [0, 0.1) is 10.6 Å². The van der Waals surface area contributed by atoms with Crippen molar-refractivity contribution in [3.05, 3.63) is 46.2 Å². The highest BCUT2D eigenvalue weighted by Crippen LogP contribution is 2.38. The van der Waals surface area contributed by atoms with Crippen molar-refractivity contribution in [1.29, 1.82) is 0 Å². The fourth-order valence-electron chi connectivity index (χ4n) is 2.27. The minimum Gasteiger partial charge on any atom is -0.270 e. The summed E-state index contributed by atoms with van der Waals surface area (Å²) in [6.45, 7) is 0. The third kappa shape index (κ3) is 3.18.